The molecular formula is C48H30N2OS. The maximum Gasteiger partial charge on any atom is 0.135 e. The van der Waals surface area contributed by atoms with Gasteiger partial charge in [0.15, 0.2) is 0 Å². The molecule has 0 aliphatic heterocycles. The first-order valence-electron chi connectivity index (χ1n) is 17.6. The normalized spacial score (nSPS) is 11.8. The second-order valence-corrected chi connectivity index (χ2v) is 14.4. The van der Waals surface area contributed by atoms with Gasteiger partial charge in [0.05, 0.1) is 21.4 Å². The number of aromatic nitrogens is 1. The molecule has 0 aliphatic carbocycles. The molecule has 0 amide bonds. The van der Waals surface area contributed by atoms with E-state index < -0.39 is 0 Å². The molecule has 0 bridgehead atoms. The van der Waals surface area contributed by atoms with E-state index in [9.17, 15) is 0 Å². The zero-order valence-electron chi connectivity index (χ0n) is 28.0. The van der Waals surface area contributed by atoms with E-state index in [1.807, 2.05) is 23.5 Å². The number of para-hydroxylation sites is 3. The predicted octanol–water partition coefficient (Wildman–Crippen LogP) is 14.2. The maximum absolute atomic E-state index is 6.24. The second kappa shape index (κ2) is 11.5. The van der Waals surface area contributed by atoms with Crippen LogP contribution in [-0.2, 0) is 0 Å². The van der Waals surface area contributed by atoms with Crippen molar-refractivity contribution in [2.24, 2.45) is 0 Å². The minimum absolute atomic E-state index is 0.892. The molecule has 0 aliphatic rings. The van der Waals surface area contributed by atoms with Gasteiger partial charge in [0.1, 0.15) is 11.2 Å². The highest BCUT2D eigenvalue weighted by molar-refractivity contribution is 7.26. The smallest absolute Gasteiger partial charge is 0.135 e. The summed E-state index contributed by atoms with van der Waals surface area (Å²) in [5, 5.41) is 7.33. The molecule has 0 unspecified atom stereocenters. The van der Waals surface area contributed by atoms with Crippen molar-refractivity contribution in [2.75, 3.05) is 4.90 Å². The van der Waals surface area contributed by atoms with E-state index in [1.54, 1.807) is 0 Å². The lowest BCUT2D eigenvalue weighted by Crippen LogP contribution is -2.10. The summed E-state index contributed by atoms with van der Waals surface area (Å²) in [6, 6.07) is 65.5. The van der Waals surface area contributed by atoms with Gasteiger partial charge in [-0.25, -0.2) is 0 Å². The van der Waals surface area contributed by atoms with Crippen molar-refractivity contribution in [2.45, 2.75) is 0 Å². The Kier molecular flexibility index (Phi) is 6.42. The Hall–Kier alpha value is -6.62. The summed E-state index contributed by atoms with van der Waals surface area (Å²) in [6.07, 6.45) is 0. The Balaban J connectivity index is 1.06. The van der Waals surface area contributed by atoms with Crippen LogP contribution in [0.25, 0.3) is 80.7 Å². The van der Waals surface area contributed by atoms with Crippen LogP contribution in [0.2, 0.25) is 0 Å². The van der Waals surface area contributed by atoms with Crippen molar-refractivity contribution in [3.05, 3.63) is 182 Å². The van der Waals surface area contributed by atoms with Gasteiger partial charge in [-0.2, -0.15) is 0 Å². The molecule has 3 aromatic heterocycles. The second-order valence-electron chi connectivity index (χ2n) is 13.3. The van der Waals surface area contributed by atoms with Crippen LogP contribution in [0.5, 0.6) is 0 Å². The number of rotatable bonds is 5. The molecule has 0 saturated heterocycles. The Morgan fingerprint density at radius 2 is 1.06 bits per heavy atom. The first-order valence-corrected chi connectivity index (χ1v) is 18.4. The van der Waals surface area contributed by atoms with Crippen molar-refractivity contribution in [3.63, 3.8) is 0 Å². The van der Waals surface area contributed by atoms with Crippen LogP contribution in [0.1, 0.15) is 0 Å². The van der Waals surface area contributed by atoms with Gasteiger partial charge in [0.25, 0.3) is 0 Å². The molecule has 11 rings (SSSR count). The number of anilines is 3. The summed E-state index contributed by atoms with van der Waals surface area (Å²) in [6.45, 7) is 0. The summed E-state index contributed by atoms with van der Waals surface area (Å²) < 4.78 is 11.2. The van der Waals surface area contributed by atoms with Crippen LogP contribution in [0.15, 0.2) is 186 Å². The summed E-state index contributed by atoms with van der Waals surface area (Å²) in [5.74, 6) is 0. The number of furan rings is 1. The monoisotopic (exact) mass is 682 g/mol. The minimum atomic E-state index is 0.892. The van der Waals surface area contributed by atoms with E-state index >= 15 is 0 Å². The first-order chi connectivity index (χ1) is 25.8. The standard InChI is InChI=1S/C48H30N2OS/c1-5-18-42-36(13-1)37-14-2-6-19-43(37)50(42)34-12-9-11-32(29-34)31-23-25-33(26-24-31)49(35-27-28-46-41(30-35)38-15-3-7-21-45(38)51-46)44-20-10-17-40-39-16-4-8-22-47(39)52-48(40)44/h1-30H. The van der Waals surface area contributed by atoms with Crippen LogP contribution in [-0.4, -0.2) is 4.57 Å². The summed E-state index contributed by atoms with van der Waals surface area (Å²) in [5.41, 5.74) is 11.1. The van der Waals surface area contributed by atoms with Crippen LogP contribution < -0.4 is 4.90 Å². The summed E-state index contributed by atoms with van der Waals surface area (Å²) in [7, 11) is 0. The van der Waals surface area contributed by atoms with Crippen molar-refractivity contribution in [1.82, 2.24) is 4.57 Å². The summed E-state index contributed by atoms with van der Waals surface area (Å²) in [4.78, 5) is 2.40. The average molecular weight is 683 g/mol. The molecule has 0 saturated carbocycles. The molecule has 11 aromatic rings. The fourth-order valence-electron chi connectivity index (χ4n) is 8.02. The highest BCUT2D eigenvalue weighted by Gasteiger charge is 2.20. The van der Waals surface area contributed by atoms with Gasteiger partial charge in [0, 0.05) is 54.1 Å². The van der Waals surface area contributed by atoms with Crippen LogP contribution >= 0.6 is 11.3 Å². The first kappa shape index (κ1) is 29.1. The molecule has 4 heteroatoms. The Morgan fingerprint density at radius 3 is 1.87 bits per heavy atom. The molecule has 244 valence electrons. The van der Waals surface area contributed by atoms with Crippen LogP contribution in [0.4, 0.5) is 17.1 Å². The van der Waals surface area contributed by atoms with Crippen LogP contribution in [0, 0.1) is 0 Å². The minimum Gasteiger partial charge on any atom is -0.456 e. The van der Waals surface area contributed by atoms with E-state index in [0.29, 0.717) is 0 Å². The molecule has 3 heterocycles. The van der Waals surface area contributed by atoms with E-state index in [-0.39, 0.29) is 0 Å². The predicted molar refractivity (Wildman–Crippen MR) is 221 cm³/mol. The quantitative estimate of drug-likeness (QED) is 0.180. The van der Waals surface area contributed by atoms with E-state index in [2.05, 4.69) is 179 Å². The molecule has 0 radical (unpaired) electrons. The van der Waals surface area contributed by atoms with Crippen molar-refractivity contribution in [3.8, 4) is 16.8 Å². The van der Waals surface area contributed by atoms with Gasteiger partial charge in [-0.3, -0.25) is 0 Å². The van der Waals surface area contributed by atoms with Gasteiger partial charge in [-0.1, -0.05) is 109 Å². The number of benzene rings is 8. The third-order valence-corrected chi connectivity index (χ3v) is 11.6. The lowest BCUT2D eigenvalue weighted by Gasteiger charge is -2.26. The average Bonchev–Trinajstić information content (AvgIpc) is 3.88. The molecule has 8 aromatic carbocycles. The van der Waals surface area contributed by atoms with Gasteiger partial charge in [0.2, 0.25) is 0 Å². The summed E-state index contributed by atoms with van der Waals surface area (Å²) >= 11 is 1.85. The maximum atomic E-state index is 6.24. The fourth-order valence-corrected chi connectivity index (χ4v) is 9.22. The Labute approximate surface area is 303 Å². The van der Waals surface area contributed by atoms with Gasteiger partial charge in [-0.05, 0) is 83.9 Å². The number of hydrogen-bond donors (Lipinski definition) is 0. The molecule has 0 atom stereocenters. The number of nitrogens with zero attached hydrogens (tertiary/aromatic N) is 2. The van der Waals surface area contributed by atoms with Gasteiger partial charge >= 0.3 is 0 Å². The fraction of sp³-hybridized carbons (Fsp3) is 0. The Bertz CT molecular complexity index is 3090. The van der Waals surface area contributed by atoms with E-state index in [1.165, 1.54) is 53.1 Å². The molecule has 3 nitrogen and oxygen atoms in total. The third kappa shape index (κ3) is 4.45. The number of hydrogen-bond acceptors (Lipinski definition) is 3. The van der Waals surface area contributed by atoms with E-state index in [4.69, 9.17) is 4.42 Å². The van der Waals surface area contributed by atoms with Crippen molar-refractivity contribution >= 4 is 92.3 Å². The zero-order valence-corrected chi connectivity index (χ0v) is 28.8. The third-order valence-electron chi connectivity index (χ3n) is 10.4. The molecular weight excluding hydrogens is 653 g/mol. The highest BCUT2D eigenvalue weighted by atomic mass is 32.1. The molecule has 0 spiro atoms. The van der Waals surface area contributed by atoms with E-state index in [0.717, 1.165) is 44.7 Å². The lowest BCUT2D eigenvalue weighted by atomic mass is 10.0. The van der Waals surface area contributed by atoms with Crippen molar-refractivity contribution < 1.29 is 4.42 Å². The lowest BCUT2D eigenvalue weighted by molar-refractivity contribution is 0.669. The molecule has 52 heavy (non-hydrogen) atoms. The van der Waals surface area contributed by atoms with Gasteiger partial charge < -0.3 is 13.9 Å². The number of fused-ring (bicyclic) bond motifs is 9. The topological polar surface area (TPSA) is 21.3 Å². The van der Waals surface area contributed by atoms with Crippen molar-refractivity contribution in [1.29, 1.82) is 0 Å². The molecule has 0 fully saturated rings. The van der Waals surface area contributed by atoms with Gasteiger partial charge in [-0.15, -0.1) is 11.3 Å². The number of thiophene rings is 1. The van der Waals surface area contributed by atoms with Crippen LogP contribution in [0.3, 0.4) is 0 Å². The molecule has 0 N–H and O–H groups in total. The zero-order chi connectivity index (χ0) is 34.2. The SMILES string of the molecule is c1cc(-c2ccc(N(c3ccc4oc5ccccc5c4c3)c3cccc4c3sc3ccccc34)cc2)cc(-n2c3ccccc3c3ccccc32)c1. The highest BCUT2D eigenvalue weighted by Crippen LogP contribution is 2.46. The Morgan fingerprint density at radius 1 is 0.423 bits per heavy atom. The largest absolute Gasteiger partial charge is 0.456 e.